The number of pyridine rings is 1. The van der Waals surface area contributed by atoms with Gasteiger partial charge < -0.3 is 19.7 Å². The van der Waals surface area contributed by atoms with Crippen molar-refractivity contribution < 1.29 is 27.4 Å². The van der Waals surface area contributed by atoms with Crippen molar-refractivity contribution >= 4 is 17.3 Å². The highest BCUT2D eigenvalue weighted by molar-refractivity contribution is 6.04. The van der Waals surface area contributed by atoms with Crippen molar-refractivity contribution in [2.45, 2.75) is 19.6 Å². The molecular formula is C33H33F3N4O3. The van der Waals surface area contributed by atoms with Gasteiger partial charge in [-0.1, -0.05) is 0 Å². The highest BCUT2D eigenvalue weighted by atomic mass is 19.4. The summed E-state index contributed by atoms with van der Waals surface area (Å²) in [6.07, 6.45) is -1.37. The molecular weight excluding hydrogens is 557 g/mol. The maximum absolute atomic E-state index is 13.8. The van der Waals surface area contributed by atoms with Crippen molar-refractivity contribution in [3.8, 4) is 22.6 Å². The molecule has 2 heterocycles. The molecule has 1 saturated heterocycles. The molecule has 0 unspecified atom stereocenters. The molecule has 10 heteroatoms. The van der Waals surface area contributed by atoms with Crippen molar-refractivity contribution in [3.05, 3.63) is 102 Å². The van der Waals surface area contributed by atoms with Gasteiger partial charge in [0, 0.05) is 61.4 Å². The van der Waals surface area contributed by atoms with Crippen molar-refractivity contribution in [3.63, 3.8) is 0 Å². The van der Waals surface area contributed by atoms with E-state index in [1.807, 2.05) is 19.1 Å². The first-order valence-corrected chi connectivity index (χ1v) is 14.0. The number of hydrogen-bond donors (Lipinski definition) is 1. The Labute approximate surface area is 248 Å². The second-order valence-corrected chi connectivity index (χ2v) is 10.3. The van der Waals surface area contributed by atoms with E-state index >= 15 is 0 Å². The van der Waals surface area contributed by atoms with Gasteiger partial charge in [0.05, 0.1) is 25.5 Å². The lowest BCUT2D eigenvalue weighted by Crippen LogP contribution is -2.46. The zero-order valence-corrected chi connectivity index (χ0v) is 24.0. The van der Waals surface area contributed by atoms with Crippen molar-refractivity contribution in [1.82, 2.24) is 9.88 Å². The number of halogens is 3. The number of anilines is 2. The first-order chi connectivity index (χ1) is 20.7. The quantitative estimate of drug-likeness (QED) is 0.233. The van der Waals surface area contributed by atoms with Gasteiger partial charge in [-0.2, -0.15) is 13.2 Å². The highest BCUT2D eigenvalue weighted by Gasteiger charge is 2.31. The molecule has 1 aliphatic rings. The molecule has 0 radical (unpaired) electrons. The summed E-state index contributed by atoms with van der Waals surface area (Å²) in [5.74, 6) is 1.02. The van der Waals surface area contributed by atoms with Crippen LogP contribution in [0.25, 0.3) is 11.1 Å². The number of ether oxygens (including phenoxy) is 2. The van der Waals surface area contributed by atoms with Gasteiger partial charge in [0.25, 0.3) is 5.91 Å². The maximum atomic E-state index is 13.8. The van der Waals surface area contributed by atoms with Crippen molar-refractivity contribution in [2.24, 2.45) is 0 Å². The molecule has 224 valence electrons. The number of piperazine rings is 1. The second kappa shape index (κ2) is 13.2. The third-order valence-electron chi connectivity index (χ3n) is 7.30. The number of nitrogens with zero attached hydrogens (tertiary/aromatic N) is 3. The fourth-order valence-electron chi connectivity index (χ4n) is 5.06. The summed E-state index contributed by atoms with van der Waals surface area (Å²) in [6.45, 7) is 5.48. The SMILES string of the molecule is CCOc1cncc(-c2cc(CN3CCN(c4ccc(C(=O)Nc5ccc(OC)cc5)cc4)CC3)cc(C(F)(F)F)c2)c1. The van der Waals surface area contributed by atoms with Gasteiger partial charge in [-0.05, 0) is 90.8 Å². The third-order valence-corrected chi connectivity index (χ3v) is 7.30. The van der Waals surface area contributed by atoms with E-state index in [4.69, 9.17) is 9.47 Å². The number of carbonyl (C=O) groups is 1. The Balaban J connectivity index is 1.21. The van der Waals surface area contributed by atoms with Gasteiger partial charge in [0.1, 0.15) is 11.5 Å². The van der Waals surface area contributed by atoms with Gasteiger partial charge in [-0.3, -0.25) is 14.7 Å². The molecule has 1 N–H and O–H groups in total. The number of alkyl halides is 3. The Kier molecular flexibility index (Phi) is 9.16. The van der Waals surface area contributed by atoms with E-state index in [0.717, 1.165) is 11.8 Å². The Hall–Kier alpha value is -4.57. The highest BCUT2D eigenvalue weighted by Crippen LogP contribution is 2.34. The van der Waals surface area contributed by atoms with Crippen LogP contribution in [0.5, 0.6) is 11.5 Å². The monoisotopic (exact) mass is 590 g/mol. The van der Waals surface area contributed by atoms with Crippen LogP contribution in [0.2, 0.25) is 0 Å². The van der Waals surface area contributed by atoms with Gasteiger partial charge in [-0.25, -0.2) is 0 Å². The number of methoxy groups -OCH3 is 1. The molecule has 7 nitrogen and oxygen atoms in total. The van der Waals surface area contributed by atoms with Crippen LogP contribution < -0.4 is 19.7 Å². The predicted molar refractivity (Wildman–Crippen MR) is 161 cm³/mol. The predicted octanol–water partition coefficient (Wildman–Crippen LogP) is 6.75. The zero-order valence-electron chi connectivity index (χ0n) is 24.0. The van der Waals surface area contributed by atoms with Gasteiger partial charge in [-0.15, -0.1) is 0 Å². The largest absolute Gasteiger partial charge is 0.497 e. The maximum Gasteiger partial charge on any atom is 0.416 e. The van der Waals surface area contributed by atoms with E-state index < -0.39 is 11.7 Å². The Morgan fingerprint density at radius 1 is 0.884 bits per heavy atom. The number of rotatable bonds is 9. The van der Waals surface area contributed by atoms with Crippen LogP contribution in [0, 0.1) is 0 Å². The standard InChI is InChI=1S/C33H33F3N4O3/c1-3-43-31-19-26(20-37-21-31)25-16-23(17-27(18-25)33(34,35)36)22-39-12-14-40(15-13-39)29-8-4-24(5-9-29)32(41)38-28-6-10-30(42-2)11-7-28/h4-11,16-21H,3,12-15,22H2,1-2H3,(H,38,41). The van der Waals surface area contributed by atoms with Gasteiger partial charge in [0.2, 0.25) is 0 Å². The molecule has 0 saturated carbocycles. The number of benzene rings is 3. The van der Waals surface area contributed by atoms with E-state index in [9.17, 15) is 18.0 Å². The van der Waals surface area contributed by atoms with Crippen LogP contribution in [-0.4, -0.2) is 55.7 Å². The topological polar surface area (TPSA) is 66.9 Å². The molecule has 0 spiro atoms. The third kappa shape index (κ3) is 7.64. The van der Waals surface area contributed by atoms with Crippen LogP contribution in [0.1, 0.15) is 28.4 Å². The molecule has 0 aliphatic carbocycles. The summed E-state index contributed by atoms with van der Waals surface area (Å²) in [5, 5.41) is 2.88. The number of aromatic nitrogens is 1. The number of nitrogens with one attached hydrogen (secondary N) is 1. The summed E-state index contributed by atoms with van der Waals surface area (Å²) >= 11 is 0. The van der Waals surface area contributed by atoms with Crippen LogP contribution in [0.3, 0.4) is 0 Å². The summed E-state index contributed by atoms with van der Waals surface area (Å²) < 4.78 is 52.1. The normalized spacial score (nSPS) is 13.9. The van der Waals surface area contributed by atoms with E-state index in [1.165, 1.54) is 6.07 Å². The minimum absolute atomic E-state index is 0.206. The van der Waals surface area contributed by atoms with Gasteiger partial charge in [0.15, 0.2) is 0 Å². The van der Waals surface area contributed by atoms with Crippen molar-refractivity contribution in [2.75, 3.05) is 50.1 Å². The molecule has 1 aliphatic heterocycles. The zero-order chi connectivity index (χ0) is 30.4. The van der Waals surface area contributed by atoms with Crippen LogP contribution in [0.15, 0.2) is 85.2 Å². The summed E-state index contributed by atoms with van der Waals surface area (Å²) in [7, 11) is 1.59. The minimum atomic E-state index is -4.47. The Morgan fingerprint density at radius 2 is 1.60 bits per heavy atom. The average Bonchev–Trinajstić information content (AvgIpc) is 3.02. The fourth-order valence-corrected chi connectivity index (χ4v) is 5.06. The average molecular weight is 591 g/mol. The molecule has 5 rings (SSSR count). The lowest BCUT2D eigenvalue weighted by molar-refractivity contribution is -0.137. The number of hydrogen-bond acceptors (Lipinski definition) is 6. The number of amides is 1. The Morgan fingerprint density at radius 3 is 2.26 bits per heavy atom. The molecule has 0 atom stereocenters. The molecule has 0 bridgehead atoms. The minimum Gasteiger partial charge on any atom is -0.497 e. The van der Waals surface area contributed by atoms with Crippen LogP contribution in [-0.2, 0) is 12.7 Å². The van der Waals surface area contributed by atoms with E-state index in [2.05, 4.69) is 20.1 Å². The van der Waals surface area contributed by atoms with Crippen LogP contribution >= 0.6 is 0 Å². The van der Waals surface area contributed by atoms with Gasteiger partial charge >= 0.3 is 6.18 Å². The molecule has 1 amide bonds. The fraction of sp³-hybridized carbons (Fsp3) is 0.273. The summed E-state index contributed by atoms with van der Waals surface area (Å²) in [4.78, 5) is 21.2. The second-order valence-electron chi connectivity index (χ2n) is 10.3. The summed E-state index contributed by atoms with van der Waals surface area (Å²) in [6, 6.07) is 20.4. The first-order valence-electron chi connectivity index (χ1n) is 14.0. The smallest absolute Gasteiger partial charge is 0.416 e. The van der Waals surface area contributed by atoms with Crippen molar-refractivity contribution in [1.29, 1.82) is 0 Å². The van der Waals surface area contributed by atoms with E-state index in [1.54, 1.807) is 68.0 Å². The van der Waals surface area contributed by atoms with E-state index in [-0.39, 0.29) is 5.91 Å². The number of carbonyl (C=O) groups excluding carboxylic acids is 1. The molecule has 1 aromatic heterocycles. The summed E-state index contributed by atoms with van der Waals surface area (Å²) in [5.41, 5.74) is 3.14. The lowest BCUT2D eigenvalue weighted by atomic mass is 10.00. The molecule has 1 fully saturated rings. The lowest BCUT2D eigenvalue weighted by Gasteiger charge is -2.36. The first kappa shape index (κ1) is 29.9. The van der Waals surface area contributed by atoms with Crippen LogP contribution in [0.4, 0.5) is 24.5 Å². The van der Waals surface area contributed by atoms with E-state index in [0.29, 0.717) is 78.8 Å². The Bertz CT molecular complexity index is 1530. The molecule has 43 heavy (non-hydrogen) atoms. The molecule has 3 aromatic carbocycles. The molecule has 4 aromatic rings.